The van der Waals surface area contributed by atoms with Crippen molar-refractivity contribution in [3.8, 4) is 0 Å². The average Bonchev–Trinajstić information content (AvgIpc) is 3.33. The molecule has 0 radical (unpaired) electrons. The van der Waals surface area contributed by atoms with Gasteiger partial charge in [0.25, 0.3) is 0 Å². The summed E-state index contributed by atoms with van der Waals surface area (Å²) in [5.41, 5.74) is 2.52. The van der Waals surface area contributed by atoms with Crippen LogP contribution in [0.4, 0.5) is 5.82 Å². The van der Waals surface area contributed by atoms with Crippen LogP contribution in [0.3, 0.4) is 0 Å². The highest BCUT2D eigenvalue weighted by Gasteiger charge is 2.36. The Morgan fingerprint density at radius 1 is 1.33 bits per heavy atom. The van der Waals surface area contributed by atoms with Gasteiger partial charge in [-0.3, -0.25) is 4.90 Å². The van der Waals surface area contributed by atoms with E-state index in [0.29, 0.717) is 13.2 Å². The highest BCUT2D eigenvalue weighted by Crippen LogP contribution is 2.34. The van der Waals surface area contributed by atoms with Crippen LogP contribution < -0.4 is 5.32 Å². The molecule has 0 amide bonds. The first-order chi connectivity index (χ1) is 14.5. The number of hydrogen-bond donors (Lipinski definition) is 1. The molecule has 0 aliphatic carbocycles. The number of likely N-dealkylation sites (tertiary alicyclic amines) is 1. The summed E-state index contributed by atoms with van der Waals surface area (Å²) in [7, 11) is 1.70. The van der Waals surface area contributed by atoms with Gasteiger partial charge in [0.2, 0.25) is 0 Å². The zero-order valence-corrected chi connectivity index (χ0v) is 18.3. The number of fused-ring (bicyclic) bond motifs is 1. The molecule has 0 spiro atoms. The molecule has 1 saturated heterocycles. The number of piperidine rings is 1. The molecule has 9 nitrogen and oxygen atoms in total. The monoisotopic (exact) mass is 413 g/mol. The van der Waals surface area contributed by atoms with Gasteiger partial charge < -0.3 is 19.1 Å². The topological polar surface area (TPSA) is 94.1 Å². The van der Waals surface area contributed by atoms with Crippen LogP contribution in [0.25, 0.3) is 11.2 Å². The van der Waals surface area contributed by atoms with Gasteiger partial charge in [0, 0.05) is 44.8 Å². The maximum absolute atomic E-state index is 5.24. The third kappa shape index (κ3) is 4.17. The van der Waals surface area contributed by atoms with E-state index < -0.39 is 0 Å². The van der Waals surface area contributed by atoms with Gasteiger partial charge in [0.05, 0.1) is 18.6 Å². The fourth-order valence-electron chi connectivity index (χ4n) is 4.22. The van der Waals surface area contributed by atoms with Crippen LogP contribution in [0.1, 0.15) is 44.0 Å². The second-order valence-electron chi connectivity index (χ2n) is 8.32. The van der Waals surface area contributed by atoms with Gasteiger partial charge in [-0.05, 0) is 33.2 Å². The summed E-state index contributed by atoms with van der Waals surface area (Å²) < 4.78 is 12.5. The van der Waals surface area contributed by atoms with Crippen molar-refractivity contribution in [2.75, 3.05) is 38.7 Å². The van der Waals surface area contributed by atoms with Crippen molar-refractivity contribution in [2.24, 2.45) is 0 Å². The van der Waals surface area contributed by atoms with Crippen LogP contribution in [0, 0.1) is 6.92 Å². The average molecular weight is 414 g/mol. The molecule has 1 aliphatic rings. The summed E-state index contributed by atoms with van der Waals surface area (Å²) in [4.78, 5) is 16.9. The third-order valence-corrected chi connectivity index (χ3v) is 5.78. The molecule has 1 atom stereocenters. The number of aryl methyl sites for hydroxylation is 2. The molecular weight excluding hydrogens is 382 g/mol. The van der Waals surface area contributed by atoms with Gasteiger partial charge in [0.15, 0.2) is 11.5 Å². The number of ether oxygens (including phenoxy) is 1. The van der Waals surface area contributed by atoms with Crippen molar-refractivity contribution < 1.29 is 9.26 Å². The predicted molar refractivity (Wildman–Crippen MR) is 114 cm³/mol. The van der Waals surface area contributed by atoms with Crippen molar-refractivity contribution in [3.05, 3.63) is 29.7 Å². The molecule has 162 valence electrons. The van der Waals surface area contributed by atoms with Gasteiger partial charge in [-0.15, -0.1) is 0 Å². The lowest BCUT2D eigenvalue weighted by Gasteiger charge is -2.39. The first-order valence-corrected chi connectivity index (χ1v) is 10.6. The molecule has 3 aromatic heterocycles. The number of aromatic nitrogens is 5. The molecule has 4 heterocycles. The first kappa shape index (κ1) is 20.7. The summed E-state index contributed by atoms with van der Waals surface area (Å²) in [6.07, 6.45) is 3.98. The maximum atomic E-state index is 5.24. The lowest BCUT2D eigenvalue weighted by molar-refractivity contribution is 0.141. The number of methoxy groups -OCH3 is 1. The zero-order chi connectivity index (χ0) is 21.1. The number of anilines is 1. The Morgan fingerprint density at radius 2 is 2.20 bits per heavy atom. The van der Waals surface area contributed by atoms with Crippen molar-refractivity contribution in [3.63, 3.8) is 0 Å². The molecule has 0 saturated carbocycles. The second-order valence-corrected chi connectivity index (χ2v) is 8.32. The van der Waals surface area contributed by atoms with Gasteiger partial charge in [-0.1, -0.05) is 12.1 Å². The molecular formula is C21H31N7O2. The van der Waals surface area contributed by atoms with E-state index in [1.54, 1.807) is 7.11 Å². The number of nitrogens with one attached hydrogen (secondary N) is 1. The number of nitrogens with zero attached hydrogens (tertiary/aromatic N) is 6. The fraction of sp³-hybridized carbons (Fsp3) is 0.619. The minimum absolute atomic E-state index is 0.147. The van der Waals surface area contributed by atoms with Gasteiger partial charge in [0.1, 0.15) is 17.1 Å². The fourth-order valence-corrected chi connectivity index (χ4v) is 4.22. The van der Waals surface area contributed by atoms with E-state index in [4.69, 9.17) is 19.2 Å². The van der Waals surface area contributed by atoms with E-state index in [1.165, 1.54) is 0 Å². The second kappa shape index (κ2) is 8.69. The third-order valence-electron chi connectivity index (χ3n) is 5.78. The van der Waals surface area contributed by atoms with Crippen molar-refractivity contribution in [1.82, 2.24) is 29.6 Å². The Morgan fingerprint density at radius 3 is 2.93 bits per heavy atom. The van der Waals surface area contributed by atoms with Crippen molar-refractivity contribution in [1.29, 1.82) is 0 Å². The van der Waals surface area contributed by atoms with Gasteiger partial charge in [-0.2, -0.15) is 0 Å². The lowest BCUT2D eigenvalue weighted by Crippen LogP contribution is -2.45. The number of rotatable bonds is 8. The Kier molecular flexibility index (Phi) is 6.01. The molecule has 0 bridgehead atoms. The number of imidazole rings is 1. The standard InChI is InChI=1S/C21H31N7O2/c1-5-28-14-23-17-18(22-8-10-29-4)24-20(25-19(17)28)21(3)7-6-9-27(13-21)12-16-11-15(2)30-26-16/h11,14H,5-10,12-13H2,1-4H3,(H,22,24,25). The van der Waals surface area contributed by atoms with Crippen LogP contribution in [0.2, 0.25) is 0 Å². The SMILES string of the molecule is CCn1cnc2c(NCCOC)nc(C3(C)CCCN(Cc4cc(C)on4)C3)nc21. The summed E-state index contributed by atoms with van der Waals surface area (Å²) in [6.45, 7) is 11.1. The van der Waals surface area contributed by atoms with Crippen LogP contribution in [-0.2, 0) is 23.2 Å². The lowest BCUT2D eigenvalue weighted by atomic mass is 9.81. The first-order valence-electron chi connectivity index (χ1n) is 10.6. The van der Waals surface area contributed by atoms with Crippen molar-refractivity contribution in [2.45, 2.75) is 52.1 Å². The summed E-state index contributed by atoms with van der Waals surface area (Å²) in [5.74, 6) is 2.49. The maximum Gasteiger partial charge on any atom is 0.165 e. The molecule has 1 fully saturated rings. The Balaban J connectivity index is 1.64. The van der Waals surface area contributed by atoms with Crippen LogP contribution in [0.15, 0.2) is 16.9 Å². The molecule has 1 unspecified atom stereocenters. The minimum atomic E-state index is -0.147. The van der Waals surface area contributed by atoms with E-state index in [-0.39, 0.29) is 5.41 Å². The Hall–Kier alpha value is -2.52. The van der Waals surface area contributed by atoms with E-state index >= 15 is 0 Å². The van der Waals surface area contributed by atoms with E-state index in [0.717, 1.165) is 73.3 Å². The minimum Gasteiger partial charge on any atom is -0.383 e. The molecule has 9 heteroatoms. The summed E-state index contributed by atoms with van der Waals surface area (Å²) in [5, 5.41) is 7.55. The zero-order valence-electron chi connectivity index (χ0n) is 18.3. The van der Waals surface area contributed by atoms with Crippen LogP contribution >= 0.6 is 0 Å². The van der Waals surface area contributed by atoms with Gasteiger partial charge in [-0.25, -0.2) is 15.0 Å². The predicted octanol–water partition coefficient (Wildman–Crippen LogP) is 2.75. The van der Waals surface area contributed by atoms with Gasteiger partial charge >= 0.3 is 0 Å². The molecule has 4 rings (SSSR count). The smallest absolute Gasteiger partial charge is 0.165 e. The Labute approximate surface area is 176 Å². The molecule has 3 aromatic rings. The van der Waals surface area contributed by atoms with E-state index in [2.05, 4.69) is 38.8 Å². The Bertz CT molecular complexity index is 999. The molecule has 30 heavy (non-hydrogen) atoms. The molecule has 0 aromatic carbocycles. The van der Waals surface area contributed by atoms with Crippen molar-refractivity contribution >= 4 is 17.0 Å². The number of hydrogen-bond acceptors (Lipinski definition) is 8. The molecule has 1 aliphatic heterocycles. The summed E-state index contributed by atoms with van der Waals surface area (Å²) in [6, 6.07) is 2.01. The van der Waals surface area contributed by atoms with E-state index in [9.17, 15) is 0 Å². The summed E-state index contributed by atoms with van der Waals surface area (Å²) >= 11 is 0. The highest BCUT2D eigenvalue weighted by molar-refractivity contribution is 5.83. The molecule has 1 N–H and O–H groups in total. The normalized spacial score (nSPS) is 20.1. The largest absolute Gasteiger partial charge is 0.383 e. The highest BCUT2D eigenvalue weighted by atomic mass is 16.5. The van der Waals surface area contributed by atoms with Crippen LogP contribution in [0.5, 0.6) is 0 Å². The van der Waals surface area contributed by atoms with Crippen LogP contribution in [-0.4, -0.2) is 62.9 Å². The van der Waals surface area contributed by atoms with E-state index in [1.807, 2.05) is 19.3 Å². The quantitative estimate of drug-likeness (QED) is 0.564.